The van der Waals surface area contributed by atoms with E-state index in [-0.39, 0.29) is 60.2 Å². The second-order valence-corrected chi connectivity index (χ2v) is 14.2. The molecule has 0 aromatic heterocycles. The molecule has 10 nitrogen and oxygen atoms in total. The minimum Gasteiger partial charge on any atom is -0.481 e. The molecule has 4 aliphatic rings. The summed E-state index contributed by atoms with van der Waals surface area (Å²) in [5, 5.41) is 20.2. The maximum atomic E-state index is 14.0. The Morgan fingerprint density at radius 1 is 0.807 bits per heavy atom. The predicted molar refractivity (Wildman–Crippen MR) is 204 cm³/mol. The van der Waals surface area contributed by atoms with E-state index < -0.39 is 59.7 Å². The van der Waals surface area contributed by atoms with Crippen LogP contribution in [0.25, 0.3) is 0 Å². The van der Waals surface area contributed by atoms with Gasteiger partial charge in [0.25, 0.3) is 11.2 Å². The average Bonchev–Trinajstić information content (AvgIpc) is 4.02. The molecule has 0 spiro atoms. The summed E-state index contributed by atoms with van der Waals surface area (Å²) in [4.78, 5) is 45.3. The third-order valence-electron chi connectivity index (χ3n) is 8.11. The summed E-state index contributed by atoms with van der Waals surface area (Å²) in [7, 11) is 0. The minimum absolute atomic E-state index is 0. The van der Waals surface area contributed by atoms with Gasteiger partial charge < -0.3 is 19.7 Å². The van der Waals surface area contributed by atoms with Crippen LogP contribution in [0.5, 0.6) is 0 Å². The number of carbonyl (C=O) groups excluding carboxylic acids is 2. The maximum Gasteiger partial charge on any atom is 0.445 e. The summed E-state index contributed by atoms with van der Waals surface area (Å²) in [5.41, 5.74) is -6.94. The number of anilines is 2. The zero-order valence-electron chi connectivity index (χ0n) is 28.4. The van der Waals surface area contributed by atoms with E-state index in [0.29, 0.717) is 19.3 Å². The summed E-state index contributed by atoms with van der Waals surface area (Å²) in [6.07, 6.45) is -7.87. The number of fused-ring (bicyclic) bond motifs is 2. The van der Waals surface area contributed by atoms with Gasteiger partial charge in [-0.2, -0.15) is 26.3 Å². The van der Waals surface area contributed by atoms with Gasteiger partial charge in [-0.25, -0.2) is 9.59 Å². The molecule has 2 aliphatic heterocycles. The first kappa shape index (κ1) is 48.8. The Balaban J connectivity index is 0.000000326. The second kappa shape index (κ2) is 19.9. The molecule has 312 valence electrons. The molecule has 0 saturated heterocycles. The number of hydrogen-bond acceptors (Lipinski definition) is 6. The van der Waals surface area contributed by atoms with Gasteiger partial charge in [-0.3, -0.25) is 19.8 Å². The number of carboxylic acid groups (broad SMARTS) is 2. The third-order valence-corrected chi connectivity index (χ3v) is 9.15. The van der Waals surface area contributed by atoms with Crippen molar-refractivity contribution in [1.82, 2.24) is 0 Å². The number of carboxylic acids is 2. The first-order valence-electron chi connectivity index (χ1n) is 16.5. The van der Waals surface area contributed by atoms with E-state index in [1.54, 1.807) is 0 Å². The molecule has 2 atom stereocenters. The van der Waals surface area contributed by atoms with Crippen LogP contribution in [-0.2, 0) is 30.3 Å². The van der Waals surface area contributed by atoms with E-state index in [0.717, 1.165) is 48.0 Å². The topological polar surface area (TPSA) is 142 Å². The number of aliphatic carboxylic acids is 2. The van der Waals surface area contributed by atoms with Crippen molar-refractivity contribution in [3.8, 4) is 23.7 Å². The number of benzene rings is 2. The van der Waals surface area contributed by atoms with Crippen molar-refractivity contribution in [3.05, 3.63) is 57.6 Å². The van der Waals surface area contributed by atoms with Crippen LogP contribution in [-0.4, -0.2) is 58.6 Å². The minimum atomic E-state index is -5.00. The fourth-order valence-electron chi connectivity index (χ4n) is 5.01. The van der Waals surface area contributed by atoms with Gasteiger partial charge in [0.15, 0.2) is 0 Å². The Kier molecular flexibility index (Phi) is 17.0. The molecule has 57 heavy (non-hydrogen) atoms. The number of halogens is 9. The maximum absolute atomic E-state index is 14.0. The van der Waals surface area contributed by atoms with Crippen LogP contribution in [0.4, 0.5) is 47.3 Å². The van der Waals surface area contributed by atoms with Crippen LogP contribution in [0, 0.1) is 35.5 Å². The van der Waals surface area contributed by atoms with Gasteiger partial charge in [0, 0.05) is 51.3 Å². The molecule has 6 rings (SSSR count). The van der Waals surface area contributed by atoms with Gasteiger partial charge in [0.2, 0.25) is 0 Å². The van der Waals surface area contributed by atoms with Gasteiger partial charge in [-0.05, 0) is 86.8 Å². The molecule has 0 unspecified atom stereocenters. The van der Waals surface area contributed by atoms with Crippen LogP contribution in [0.3, 0.4) is 0 Å². The first-order chi connectivity index (χ1) is 25.7. The zero-order valence-corrected chi connectivity index (χ0v) is 31.5. The molecule has 2 amide bonds. The van der Waals surface area contributed by atoms with Crippen molar-refractivity contribution in [1.29, 1.82) is 0 Å². The first-order valence-corrected chi connectivity index (χ1v) is 18.4. The summed E-state index contributed by atoms with van der Waals surface area (Å²) in [6, 6.07) is 7.41. The van der Waals surface area contributed by atoms with Gasteiger partial charge in [0.05, 0.1) is 17.8 Å². The Hall–Kier alpha value is -4.32. The molecule has 0 radical (unpaired) electrons. The fourth-order valence-corrected chi connectivity index (χ4v) is 5.75. The number of carbonyl (C=O) groups is 4. The number of rotatable bonds is 7. The predicted octanol–water partition coefficient (Wildman–Crippen LogP) is 10.9. The molecule has 2 heterocycles. The molecular weight excluding hydrogens is 877 g/mol. The van der Waals surface area contributed by atoms with Crippen LogP contribution >= 0.6 is 39.1 Å². The largest absolute Gasteiger partial charge is 0.481 e. The second-order valence-electron chi connectivity index (χ2n) is 12.5. The van der Waals surface area contributed by atoms with Gasteiger partial charge in [-0.1, -0.05) is 65.8 Å². The molecule has 2 aliphatic carbocycles. The van der Waals surface area contributed by atoms with Crippen LogP contribution in [0.2, 0.25) is 10.0 Å². The molecule has 2 fully saturated rings. The SMILES string of the molecule is C.C.O=C(O)CCCCBr.O=C(O)CCN1C(=O)O[C@](C#CC2CC2)(C(F)(F)F)c2cc(Cl)ccc21.O=C1Nc2ccc(Cl)cc2[C@@](C#CC2CC2)(C(F)(F)F)O1. The standard InChI is InChI=1S/C17H13ClF3NO4.C14H9ClF3NO2.C5H9BrO2.2CH4/c18-11-3-4-13-12(9-11)16(17(19,20)21,7-5-10-1-2-10)26-15(25)22(13)8-6-14(23)24;15-9-3-4-11-10(7-9)13(14(16,17)18,21-12(20)19-11)6-5-8-1-2-8;6-4-2-1-3-5(7)8;;/h3-4,9-10H,1-2,6,8H2,(H,23,24);3-4,7-8H,1-2H2,(H,19,20);1-4H2,(H,7,8);2*1H4/t16-;13-;;;/m00.../s1. The molecule has 2 aromatic carbocycles. The lowest BCUT2D eigenvalue weighted by atomic mass is 9.89. The highest BCUT2D eigenvalue weighted by atomic mass is 79.9. The average molecular weight is 917 g/mol. The highest BCUT2D eigenvalue weighted by Gasteiger charge is 2.64. The van der Waals surface area contributed by atoms with Gasteiger partial charge in [-0.15, -0.1) is 0 Å². The quantitative estimate of drug-likeness (QED) is 0.108. The van der Waals surface area contributed by atoms with Crippen LogP contribution in [0.15, 0.2) is 36.4 Å². The summed E-state index contributed by atoms with van der Waals surface area (Å²) < 4.78 is 92.0. The van der Waals surface area contributed by atoms with E-state index in [1.807, 2.05) is 0 Å². The number of nitrogens with zero attached hydrogens (tertiary/aromatic N) is 1. The molecular formula is C38H39BrCl2F6N2O8. The van der Waals surface area contributed by atoms with E-state index in [4.69, 9.17) is 38.2 Å². The van der Waals surface area contributed by atoms with E-state index in [1.165, 1.54) is 24.3 Å². The molecule has 3 N–H and O–H groups in total. The highest BCUT2D eigenvalue weighted by Crippen LogP contribution is 2.50. The molecule has 2 saturated carbocycles. The summed E-state index contributed by atoms with van der Waals surface area (Å²) >= 11 is 14.9. The normalized spacial score (nSPS) is 20.3. The fraction of sp³-hybridized carbons (Fsp3) is 0.474. The Morgan fingerprint density at radius 2 is 1.30 bits per heavy atom. The smallest absolute Gasteiger partial charge is 0.445 e. The number of amides is 2. The summed E-state index contributed by atoms with van der Waals surface area (Å²) in [5.74, 6) is 7.18. The van der Waals surface area contributed by atoms with E-state index in [2.05, 4.69) is 49.7 Å². The molecule has 2 aromatic rings. The number of ether oxygens (including phenoxy) is 2. The molecule has 19 heteroatoms. The zero-order chi connectivity index (χ0) is 40.8. The van der Waals surface area contributed by atoms with Crippen molar-refractivity contribution in [2.45, 2.75) is 89.8 Å². The number of cyclic esters (lactones) is 2. The number of alkyl halides is 7. The Labute approximate surface area is 343 Å². The van der Waals surface area contributed by atoms with Crippen molar-refractivity contribution in [2.75, 3.05) is 22.1 Å². The number of unbranched alkanes of at least 4 members (excludes halogenated alkanes) is 1. The summed E-state index contributed by atoms with van der Waals surface area (Å²) in [6.45, 7) is -0.340. The van der Waals surface area contributed by atoms with Gasteiger partial charge >= 0.3 is 36.5 Å². The van der Waals surface area contributed by atoms with Crippen molar-refractivity contribution in [2.24, 2.45) is 11.8 Å². The van der Waals surface area contributed by atoms with Crippen molar-refractivity contribution in [3.63, 3.8) is 0 Å². The van der Waals surface area contributed by atoms with Crippen molar-refractivity contribution < 1.29 is 65.2 Å². The lowest BCUT2D eigenvalue weighted by Crippen LogP contribution is -2.53. The van der Waals surface area contributed by atoms with E-state index in [9.17, 15) is 45.5 Å². The van der Waals surface area contributed by atoms with Crippen molar-refractivity contribution >= 4 is 74.6 Å². The van der Waals surface area contributed by atoms with Crippen LogP contribution < -0.4 is 10.2 Å². The van der Waals surface area contributed by atoms with E-state index >= 15 is 0 Å². The lowest BCUT2D eigenvalue weighted by molar-refractivity contribution is -0.240. The Bertz CT molecular complexity index is 1940. The number of nitrogens with one attached hydrogen (secondary N) is 1. The van der Waals surface area contributed by atoms with Gasteiger partial charge in [0.1, 0.15) is 0 Å². The van der Waals surface area contributed by atoms with Crippen LogP contribution in [0.1, 0.15) is 77.3 Å². The number of hydrogen-bond donors (Lipinski definition) is 3. The monoisotopic (exact) mass is 914 g/mol. The Morgan fingerprint density at radius 3 is 1.77 bits per heavy atom. The lowest BCUT2D eigenvalue weighted by Gasteiger charge is -2.40. The third kappa shape index (κ3) is 12.3. The highest BCUT2D eigenvalue weighted by molar-refractivity contribution is 9.09. The molecule has 0 bridgehead atoms.